The third-order valence-corrected chi connectivity index (χ3v) is 5.64. The van der Waals surface area contributed by atoms with E-state index in [4.69, 9.17) is 0 Å². The monoisotopic (exact) mass is 298 g/mol. The Bertz CT molecular complexity index is 559. The zero-order valence-corrected chi connectivity index (χ0v) is 12.7. The van der Waals surface area contributed by atoms with Gasteiger partial charge in [0.05, 0.1) is 11.0 Å². The van der Waals surface area contributed by atoms with Crippen LogP contribution in [-0.4, -0.2) is 50.1 Å². The van der Waals surface area contributed by atoms with Crippen molar-refractivity contribution in [3.63, 3.8) is 0 Å². The van der Waals surface area contributed by atoms with Crippen LogP contribution in [0.2, 0.25) is 0 Å². The number of benzene rings is 1. The first-order valence-electron chi connectivity index (χ1n) is 6.90. The number of aliphatic hydroxyl groups excluding tert-OH is 1. The van der Waals surface area contributed by atoms with Crippen LogP contribution in [0.15, 0.2) is 29.2 Å². The van der Waals surface area contributed by atoms with Crippen molar-refractivity contribution in [1.82, 2.24) is 9.62 Å². The van der Waals surface area contributed by atoms with Gasteiger partial charge in [-0.2, -0.15) is 4.31 Å². The van der Waals surface area contributed by atoms with Crippen LogP contribution in [-0.2, 0) is 16.4 Å². The van der Waals surface area contributed by atoms with Gasteiger partial charge in [0.2, 0.25) is 10.0 Å². The molecule has 1 fully saturated rings. The fraction of sp³-hybridized carbons (Fsp3) is 0.571. The number of likely N-dealkylation sites (N-methyl/N-ethyl adjacent to an activating group) is 1. The van der Waals surface area contributed by atoms with E-state index < -0.39 is 10.0 Å². The van der Waals surface area contributed by atoms with Crippen molar-refractivity contribution in [2.45, 2.75) is 36.8 Å². The Morgan fingerprint density at radius 1 is 1.40 bits per heavy atom. The summed E-state index contributed by atoms with van der Waals surface area (Å²) in [6, 6.07) is 7.11. The predicted octanol–water partition coefficient (Wildman–Crippen LogP) is 0.592. The lowest BCUT2D eigenvalue weighted by Crippen LogP contribution is -2.38. The Morgan fingerprint density at radius 3 is 2.70 bits per heavy atom. The number of hydrogen-bond acceptors (Lipinski definition) is 4. The predicted molar refractivity (Wildman–Crippen MR) is 78.1 cm³/mol. The number of β-amino-alcohol motifs (C(OH)–C–C–N with tert-alkyl or cyclic N) is 1. The Labute approximate surface area is 120 Å². The summed E-state index contributed by atoms with van der Waals surface area (Å²) in [4.78, 5) is 0.378. The number of aryl methyl sites for hydroxylation is 1. The highest BCUT2D eigenvalue weighted by Crippen LogP contribution is 2.20. The second-order valence-corrected chi connectivity index (χ2v) is 7.25. The van der Waals surface area contributed by atoms with Gasteiger partial charge < -0.3 is 10.4 Å². The fourth-order valence-electron chi connectivity index (χ4n) is 2.56. The Kier molecular flexibility index (Phi) is 4.80. The minimum Gasteiger partial charge on any atom is -0.392 e. The van der Waals surface area contributed by atoms with E-state index in [1.807, 2.05) is 19.1 Å². The molecule has 0 aliphatic carbocycles. The number of sulfonamides is 1. The van der Waals surface area contributed by atoms with Gasteiger partial charge in [-0.25, -0.2) is 8.42 Å². The molecule has 0 bridgehead atoms. The third-order valence-electron chi connectivity index (χ3n) is 3.72. The number of hydrogen-bond donors (Lipinski definition) is 2. The SMILES string of the molecule is CCc1ccccc1S(=O)(=O)N(C)C[C@@H]1C[C@@H](O)CN1. The first kappa shape index (κ1) is 15.4. The van der Waals surface area contributed by atoms with Gasteiger partial charge in [-0.15, -0.1) is 0 Å². The molecule has 20 heavy (non-hydrogen) atoms. The molecule has 1 heterocycles. The summed E-state index contributed by atoms with van der Waals surface area (Å²) in [5.74, 6) is 0. The summed E-state index contributed by atoms with van der Waals surface area (Å²) in [5, 5.41) is 12.6. The highest BCUT2D eigenvalue weighted by molar-refractivity contribution is 7.89. The molecule has 0 saturated carbocycles. The lowest BCUT2D eigenvalue weighted by atomic mass is 10.2. The summed E-state index contributed by atoms with van der Waals surface area (Å²) in [6.07, 6.45) is 0.901. The van der Waals surface area contributed by atoms with Crippen molar-refractivity contribution < 1.29 is 13.5 Å². The largest absolute Gasteiger partial charge is 0.392 e. The summed E-state index contributed by atoms with van der Waals surface area (Å²) in [7, 11) is -1.88. The zero-order chi connectivity index (χ0) is 14.8. The number of rotatable bonds is 5. The molecule has 6 heteroatoms. The van der Waals surface area contributed by atoms with E-state index in [-0.39, 0.29) is 12.1 Å². The van der Waals surface area contributed by atoms with E-state index in [1.165, 1.54) is 4.31 Å². The molecule has 2 rings (SSSR count). The van der Waals surface area contributed by atoms with Crippen LogP contribution in [0, 0.1) is 0 Å². The Balaban J connectivity index is 2.17. The molecular weight excluding hydrogens is 276 g/mol. The molecule has 112 valence electrons. The quantitative estimate of drug-likeness (QED) is 0.835. The van der Waals surface area contributed by atoms with Gasteiger partial charge in [0.15, 0.2) is 0 Å². The first-order chi connectivity index (χ1) is 9.45. The van der Waals surface area contributed by atoms with Crippen LogP contribution in [0.4, 0.5) is 0 Å². The van der Waals surface area contributed by atoms with E-state index in [9.17, 15) is 13.5 Å². The maximum Gasteiger partial charge on any atom is 0.243 e. The highest BCUT2D eigenvalue weighted by Gasteiger charge is 2.29. The third kappa shape index (κ3) is 3.20. The van der Waals surface area contributed by atoms with Gasteiger partial charge in [-0.3, -0.25) is 0 Å². The van der Waals surface area contributed by atoms with Crippen LogP contribution in [0.5, 0.6) is 0 Å². The standard InChI is InChI=1S/C14H22N2O3S/c1-3-11-6-4-5-7-14(11)20(18,19)16(2)10-12-8-13(17)9-15-12/h4-7,12-13,15,17H,3,8-10H2,1-2H3/t12-,13+/m0/s1. The Morgan fingerprint density at radius 2 is 2.10 bits per heavy atom. The van der Waals surface area contributed by atoms with Crippen LogP contribution in [0.25, 0.3) is 0 Å². The van der Waals surface area contributed by atoms with Crippen molar-refractivity contribution >= 4 is 10.0 Å². The average molecular weight is 298 g/mol. The van der Waals surface area contributed by atoms with Crippen LogP contribution < -0.4 is 5.32 Å². The number of aliphatic hydroxyl groups is 1. The summed E-state index contributed by atoms with van der Waals surface area (Å²) < 4.78 is 26.6. The normalized spacial score (nSPS) is 23.4. The molecule has 0 amide bonds. The van der Waals surface area contributed by atoms with E-state index in [0.29, 0.717) is 30.8 Å². The van der Waals surface area contributed by atoms with Crippen molar-refractivity contribution in [3.05, 3.63) is 29.8 Å². The van der Waals surface area contributed by atoms with Crippen LogP contribution in [0.1, 0.15) is 18.9 Å². The molecule has 5 nitrogen and oxygen atoms in total. The molecule has 2 N–H and O–H groups in total. The van der Waals surface area contributed by atoms with Crippen molar-refractivity contribution in [1.29, 1.82) is 0 Å². The van der Waals surface area contributed by atoms with E-state index in [2.05, 4.69) is 5.32 Å². The molecule has 1 aliphatic rings. The van der Waals surface area contributed by atoms with Gasteiger partial charge >= 0.3 is 0 Å². The lowest BCUT2D eigenvalue weighted by molar-refractivity contribution is 0.192. The zero-order valence-electron chi connectivity index (χ0n) is 11.9. The molecule has 0 spiro atoms. The Hall–Kier alpha value is -0.950. The maximum absolute atomic E-state index is 12.6. The van der Waals surface area contributed by atoms with Gasteiger partial charge in [-0.05, 0) is 24.5 Å². The lowest BCUT2D eigenvalue weighted by Gasteiger charge is -2.22. The molecule has 1 aliphatic heterocycles. The molecule has 0 radical (unpaired) electrons. The topological polar surface area (TPSA) is 69.6 Å². The highest BCUT2D eigenvalue weighted by atomic mass is 32.2. The summed E-state index contributed by atoms with van der Waals surface area (Å²) in [6.45, 7) is 2.85. The van der Waals surface area contributed by atoms with E-state index >= 15 is 0 Å². The van der Waals surface area contributed by atoms with Gasteiger partial charge in [0, 0.05) is 26.2 Å². The van der Waals surface area contributed by atoms with E-state index in [1.54, 1.807) is 19.2 Å². The summed E-state index contributed by atoms with van der Waals surface area (Å²) >= 11 is 0. The van der Waals surface area contributed by atoms with Crippen LogP contribution in [0.3, 0.4) is 0 Å². The fourth-order valence-corrected chi connectivity index (χ4v) is 4.07. The maximum atomic E-state index is 12.6. The molecular formula is C14H22N2O3S. The van der Waals surface area contributed by atoms with Crippen molar-refractivity contribution in [2.75, 3.05) is 20.1 Å². The first-order valence-corrected chi connectivity index (χ1v) is 8.34. The van der Waals surface area contributed by atoms with Gasteiger partial charge in [0.25, 0.3) is 0 Å². The van der Waals surface area contributed by atoms with Gasteiger partial charge in [0.1, 0.15) is 0 Å². The van der Waals surface area contributed by atoms with Gasteiger partial charge in [-0.1, -0.05) is 25.1 Å². The second-order valence-electron chi connectivity index (χ2n) is 5.24. The minimum atomic E-state index is -3.47. The molecule has 1 aromatic carbocycles. The molecule has 2 atom stereocenters. The smallest absolute Gasteiger partial charge is 0.243 e. The number of nitrogens with one attached hydrogen (secondary N) is 1. The van der Waals surface area contributed by atoms with Crippen LogP contribution >= 0.6 is 0 Å². The number of nitrogens with zero attached hydrogens (tertiary/aromatic N) is 1. The second kappa shape index (κ2) is 6.22. The molecule has 1 aromatic rings. The van der Waals surface area contributed by atoms with Crippen molar-refractivity contribution in [2.24, 2.45) is 0 Å². The summed E-state index contributed by atoms with van der Waals surface area (Å²) in [5.41, 5.74) is 0.832. The molecule has 0 aromatic heterocycles. The molecule has 1 saturated heterocycles. The van der Waals surface area contributed by atoms with E-state index in [0.717, 1.165) is 5.56 Å². The average Bonchev–Trinajstić information content (AvgIpc) is 2.84. The molecule has 0 unspecified atom stereocenters. The van der Waals surface area contributed by atoms with Crippen molar-refractivity contribution in [3.8, 4) is 0 Å². The minimum absolute atomic E-state index is 0.0126.